The van der Waals surface area contributed by atoms with E-state index in [1.807, 2.05) is 68.8 Å². The highest BCUT2D eigenvalue weighted by atomic mass is 79.9. The standard InChI is InChI=1S/C107H126BrNS13/c1-56(2)32-69-44-84(83-31-30-82(110-83)68-26-28-81(109-25)29-27-68)111-96(69)87-47-71(34-58(5)6)98(114-87)89-48-72(35-59(7)8)99(115-89)90-49-73(36-60(9)10)100(116-90)91-50-74(37-61(11)12)101(117-91)92-51-75(38-62(13)14)102(118-92)93-52-76(39-63(15)16)103(119-93)94-54-79(42-66(21)22)106(121-94)105-78(41-65(19)20)46-86(113-105)85-45-70(33-57(3)4)97(112-85)88-53-77(40-64(17)18)104(120-88)95-55-80(43-67(23)24)107(108)122-95/h26-31,44-67H,32-43H2,1-24H3. The highest BCUT2D eigenvalue weighted by molar-refractivity contribution is 9.11. The van der Waals surface area contributed by atoms with Gasteiger partial charge in [-0.05, 0) is 321 Å². The Morgan fingerprint density at radius 1 is 0.197 bits per heavy atom. The summed E-state index contributed by atoms with van der Waals surface area (Å²) in [5, 5.41) is 0. The van der Waals surface area contributed by atoms with E-state index in [1.54, 1.807) is 0 Å². The minimum atomic E-state index is 0.515. The lowest BCUT2D eigenvalue weighted by Gasteiger charge is -2.09. The predicted octanol–water partition coefficient (Wildman–Crippen LogP) is 39.9. The molecule has 14 rings (SSSR count). The molecule has 15 heteroatoms. The zero-order valence-corrected chi connectivity index (χ0v) is 88.6. The first kappa shape index (κ1) is 93.4. The van der Waals surface area contributed by atoms with E-state index >= 15 is 0 Å². The van der Waals surface area contributed by atoms with E-state index < -0.39 is 0 Å². The second kappa shape index (κ2) is 40.5. The molecule has 0 aliphatic carbocycles. The smallest absolute Gasteiger partial charge is 0.187 e. The average Bonchev–Trinajstić information content (AvgIpc) is 1.61. The van der Waals surface area contributed by atoms with Crippen molar-refractivity contribution in [2.24, 2.45) is 71.0 Å². The van der Waals surface area contributed by atoms with Gasteiger partial charge >= 0.3 is 0 Å². The Kier molecular flexibility index (Phi) is 31.0. The van der Waals surface area contributed by atoms with Gasteiger partial charge in [-0.1, -0.05) is 190 Å². The molecular formula is C107H126BrNS13. The van der Waals surface area contributed by atoms with Gasteiger partial charge in [0.15, 0.2) is 5.69 Å². The van der Waals surface area contributed by atoms with Crippen LogP contribution in [0.5, 0.6) is 0 Å². The van der Waals surface area contributed by atoms with Crippen LogP contribution in [0.25, 0.3) is 132 Å². The molecule has 0 atom stereocenters. The Morgan fingerprint density at radius 2 is 0.369 bits per heavy atom. The Morgan fingerprint density at radius 3 is 0.607 bits per heavy atom. The van der Waals surface area contributed by atoms with Crippen LogP contribution in [0.4, 0.5) is 5.69 Å². The molecule has 0 spiro atoms. The van der Waals surface area contributed by atoms with Crippen molar-refractivity contribution < 1.29 is 0 Å². The largest absolute Gasteiger partial charge is 0.238 e. The molecule has 0 aliphatic rings. The van der Waals surface area contributed by atoms with E-state index in [0.717, 1.165) is 77.0 Å². The summed E-state index contributed by atoms with van der Waals surface area (Å²) in [5.41, 5.74) is 19.8. The van der Waals surface area contributed by atoms with Gasteiger partial charge in [-0.15, -0.1) is 147 Å². The highest BCUT2D eigenvalue weighted by Gasteiger charge is 2.31. The third kappa shape index (κ3) is 22.2. The van der Waals surface area contributed by atoms with Crippen molar-refractivity contribution >= 4 is 169 Å². The summed E-state index contributed by atoms with van der Waals surface area (Å²) >= 11 is 30.5. The first-order chi connectivity index (χ1) is 58.0. The van der Waals surface area contributed by atoms with E-state index in [1.165, 1.54) is 198 Å². The number of thiophene rings is 13. The van der Waals surface area contributed by atoms with Crippen molar-refractivity contribution in [1.29, 1.82) is 0 Å². The number of hydrogen-bond donors (Lipinski definition) is 0. The Labute approximate surface area is 793 Å². The number of benzene rings is 1. The number of nitrogens with zero attached hydrogens (tertiary/aromatic N) is 1. The molecule has 0 saturated heterocycles. The molecule has 0 unspecified atom stereocenters. The Hall–Kier alpha value is -4.71. The fraction of sp³-hybridized carbons (Fsp3) is 0.449. The monoisotopic (exact) mass is 1920 g/mol. The van der Waals surface area contributed by atoms with Gasteiger partial charge in [-0.25, -0.2) is 4.85 Å². The quantitative estimate of drug-likeness (QED) is 0.0342. The van der Waals surface area contributed by atoms with E-state index in [-0.39, 0.29) is 0 Å². The maximum absolute atomic E-state index is 7.51. The molecule has 0 N–H and O–H groups in total. The topological polar surface area (TPSA) is 4.36 Å². The number of halogens is 1. The lowest BCUT2D eigenvalue weighted by Crippen LogP contribution is -1.96. The van der Waals surface area contributed by atoms with Crippen molar-refractivity contribution in [2.45, 2.75) is 243 Å². The van der Waals surface area contributed by atoms with Gasteiger partial charge in [0.05, 0.1) is 10.4 Å². The van der Waals surface area contributed by atoms with Crippen molar-refractivity contribution in [3.8, 4) is 127 Å². The van der Waals surface area contributed by atoms with E-state index in [2.05, 4.69) is 375 Å². The third-order valence-corrected chi connectivity index (χ3v) is 40.0. The van der Waals surface area contributed by atoms with Crippen LogP contribution in [0.15, 0.2) is 113 Å². The summed E-state index contributed by atoms with van der Waals surface area (Å²) in [5.74, 6) is 6.43. The van der Waals surface area contributed by atoms with Crippen LogP contribution in [0.2, 0.25) is 0 Å². The molecule has 0 saturated carbocycles. The molecule has 14 aromatic rings. The molecular weight excluding hydrogens is 1800 g/mol. The minimum absolute atomic E-state index is 0.515. The van der Waals surface area contributed by atoms with Gasteiger partial charge in [-0.3, -0.25) is 0 Å². The number of rotatable bonds is 37. The molecule has 644 valence electrons. The summed E-state index contributed by atoms with van der Waals surface area (Å²) < 4.78 is 1.29. The van der Waals surface area contributed by atoms with Gasteiger partial charge < -0.3 is 0 Å². The third-order valence-electron chi connectivity index (χ3n) is 21.8. The normalized spacial score (nSPS) is 12.4. The Balaban J connectivity index is 0.822. The van der Waals surface area contributed by atoms with Gasteiger partial charge in [0.1, 0.15) is 0 Å². The second-order valence-electron chi connectivity index (χ2n) is 39.5. The van der Waals surface area contributed by atoms with Crippen LogP contribution in [0.3, 0.4) is 0 Å². The van der Waals surface area contributed by atoms with Crippen LogP contribution in [0, 0.1) is 77.6 Å². The summed E-state index contributed by atoms with van der Waals surface area (Å²) in [4.78, 5) is 39.4. The first-order valence-electron chi connectivity index (χ1n) is 44.9. The van der Waals surface area contributed by atoms with Crippen LogP contribution >= 0.6 is 163 Å². The molecule has 0 fully saturated rings. The second-order valence-corrected chi connectivity index (χ2v) is 54.6. The van der Waals surface area contributed by atoms with Crippen molar-refractivity contribution in [2.75, 3.05) is 0 Å². The number of hydrogen-bond acceptors (Lipinski definition) is 13. The van der Waals surface area contributed by atoms with Crippen molar-refractivity contribution in [3.05, 3.63) is 191 Å². The van der Waals surface area contributed by atoms with E-state index in [0.29, 0.717) is 76.7 Å². The first-order valence-corrected chi connectivity index (χ1v) is 56.3. The minimum Gasteiger partial charge on any atom is -0.238 e. The molecule has 0 aliphatic heterocycles. The predicted molar refractivity (Wildman–Crippen MR) is 566 cm³/mol. The van der Waals surface area contributed by atoms with Crippen LogP contribution in [-0.4, -0.2) is 0 Å². The zero-order chi connectivity index (χ0) is 87.1. The van der Waals surface area contributed by atoms with Crippen molar-refractivity contribution in [3.63, 3.8) is 0 Å². The molecule has 0 radical (unpaired) electrons. The van der Waals surface area contributed by atoms with Crippen LogP contribution < -0.4 is 0 Å². The van der Waals surface area contributed by atoms with E-state index in [4.69, 9.17) is 6.57 Å². The molecule has 1 aromatic carbocycles. The summed E-state index contributed by atoms with van der Waals surface area (Å²) in [6.07, 6.45) is 12.7. The fourth-order valence-corrected chi connectivity index (χ4v) is 34.6. The van der Waals surface area contributed by atoms with E-state index in [9.17, 15) is 0 Å². The zero-order valence-electron chi connectivity index (χ0n) is 76.4. The van der Waals surface area contributed by atoms with Gasteiger partial charge in [0, 0.05) is 122 Å². The summed E-state index contributed by atoms with van der Waals surface area (Å²) in [6, 6.07) is 43.9. The van der Waals surface area contributed by atoms with Gasteiger partial charge in [0.25, 0.3) is 0 Å². The van der Waals surface area contributed by atoms with Crippen LogP contribution in [-0.2, 0) is 77.0 Å². The lowest BCUT2D eigenvalue weighted by atomic mass is 9.98. The summed E-state index contributed by atoms with van der Waals surface area (Å²) in [6.45, 7) is 65.1. The van der Waals surface area contributed by atoms with Gasteiger partial charge in [0.2, 0.25) is 0 Å². The molecule has 122 heavy (non-hydrogen) atoms. The average molecular weight is 1920 g/mol. The lowest BCUT2D eigenvalue weighted by molar-refractivity contribution is 0.646. The molecule has 13 heterocycles. The Bertz CT molecular complexity index is 5930. The maximum Gasteiger partial charge on any atom is 0.187 e. The fourth-order valence-electron chi connectivity index (χ4n) is 17.2. The molecule has 0 amide bonds. The van der Waals surface area contributed by atoms with Crippen LogP contribution in [0.1, 0.15) is 233 Å². The van der Waals surface area contributed by atoms with Crippen molar-refractivity contribution in [1.82, 2.24) is 0 Å². The molecule has 1 nitrogen and oxygen atoms in total. The SMILES string of the molecule is [C-]#[N+]c1ccc(-c2ccc(-c3cc(CC(C)C)c(-c4cc(CC(C)C)c(-c5cc(CC(C)C)c(-c6cc(CC(C)C)c(-c7cc(CC(C)C)c(-c8cc(CC(C)C)c(-c9cc(CC(C)C)c(-c%10cc(CC(C)C)c(-c%11sc(-c%12cc(CC(C)C)c(-c%13cc(CC(C)C)c(-c%14cc(CC(C)C)c(Br)s%14)s%13)s%12)cc%11CC(C)C)s%10)s9)s8)s7)s6)s5)s4)s3)s2)cc1. The maximum atomic E-state index is 7.51. The van der Waals surface area contributed by atoms with Gasteiger partial charge in [-0.2, -0.15) is 0 Å². The molecule has 13 aromatic heterocycles. The molecule has 0 bridgehead atoms. The summed E-state index contributed by atoms with van der Waals surface area (Å²) in [7, 11) is 0. The highest BCUT2D eigenvalue weighted by Crippen LogP contribution is 2.58.